The third-order valence-corrected chi connectivity index (χ3v) is 3.70. The SMILES string of the molecule is NCC1CCCCCC1OCc1ccccc1. The zero-order valence-corrected chi connectivity index (χ0v) is 10.5. The first kappa shape index (κ1) is 12.6. The van der Waals surface area contributed by atoms with Crippen LogP contribution in [0.1, 0.15) is 37.7 Å². The number of ether oxygens (including phenoxy) is 1. The van der Waals surface area contributed by atoms with E-state index in [-0.39, 0.29) is 0 Å². The molecule has 94 valence electrons. The van der Waals surface area contributed by atoms with Gasteiger partial charge in [0.25, 0.3) is 0 Å². The van der Waals surface area contributed by atoms with E-state index in [0.717, 1.165) is 13.2 Å². The largest absolute Gasteiger partial charge is 0.373 e. The highest BCUT2D eigenvalue weighted by Gasteiger charge is 2.22. The van der Waals surface area contributed by atoms with Gasteiger partial charge in [0.1, 0.15) is 0 Å². The van der Waals surface area contributed by atoms with Crippen molar-refractivity contribution < 1.29 is 4.74 Å². The van der Waals surface area contributed by atoms with Gasteiger partial charge < -0.3 is 10.5 Å². The zero-order valence-electron chi connectivity index (χ0n) is 10.5. The van der Waals surface area contributed by atoms with E-state index >= 15 is 0 Å². The molecule has 0 saturated heterocycles. The molecule has 0 spiro atoms. The summed E-state index contributed by atoms with van der Waals surface area (Å²) in [5.74, 6) is 0.557. The van der Waals surface area contributed by atoms with Crippen LogP contribution >= 0.6 is 0 Å². The number of nitrogens with two attached hydrogens (primary N) is 1. The molecule has 2 nitrogen and oxygen atoms in total. The molecule has 2 unspecified atom stereocenters. The van der Waals surface area contributed by atoms with E-state index in [2.05, 4.69) is 24.3 Å². The van der Waals surface area contributed by atoms with E-state index in [1.54, 1.807) is 0 Å². The monoisotopic (exact) mass is 233 g/mol. The first-order valence-electron chi connectivity index (χ1n) is 6.75. The number of benzene rings is 1. The van der Waals surface area contributed by atoms with E-state index in [1.807, 2.05) is 6.07 Å². The Morgan fingerprint density at radius 1 is 1.06 bits per heavy atom. The fraction of sp³-hybridized carbons (Fsp3) is 0.600. The Morgan fingerprint density at radius 3 is 2.59 bits per heavy atom. The Bertz CT molecular complexity index is 312. The Kier molecular flexibility index (Phi) is 5.02. The molecular weight excluding hydrogens is 210 g/mol. The van der Waals surface area contributed by atoms with Gasteiger partial charge in [0, 0.05) is 0 Å². The van der Waals surface area contributed by atoms with Crippen molar-refractivity contribution in [2.75, 3.05) is 6.54 Å². The molecule has 2 rings (SSSR count). The molecule has 0 aliphatic heterocycles. The Balaban J connectivity index is 1.87. The maximum absolute atomic E-state index is 6.07. The van der Waals surface area contributed by atoms with Gasteiger partial charge in [0.2, 0.25) is 0 Å². The van der Waals surface area contributed by atoms with E-state index in [4.69, 9.17) is 10.5 Å². The Morgan fingerprint density at radius 2 is 1.82 bits per heavy atom. The minimum absolute atomic E-state index is 0.364. The fourth-order valence-electron chi connectivity index (χ4n) is 2.62. The first-order valence-corrected chi connectivity index (χ1v) is 6.75. The third kappa shape index (κ3) is 3.83. The summed E-state index contributed by atoms with van der Waals surface area (Å²) in [5.41, 5.74) is 7.11. The minimum atomic E-state index is 0.364. The topological polar surface area (TPSA) is 35.2 Å². The van der Waals surface area contributed by atoms with Gasteiger partial charge >= 0.3 is 0 Å². The van der Waals surface area contributed by atoms with E-state index in [0.29, 0.717) is 12.0 Å². The molecule has 17 heavy (non-hydrogen) atoms. The van der Waals surface area contributed by atoms with E-state index < -0.39 is 0 Å². The molecule has 0 bridgehead atoms. The molecule has 2 heteroatoms. The van der Waals surface area contributed by atoms with Gasteiger partial charge in [-0.05, 0) is 30.9 Å². The fourth-order valence-corrected chi connectivity index (χ4v) is 2.62. The minimum Gasteiger partial charge on any atom is -0.373 e. The molecule has 1 fully saturated rings. The summed E-state index contributed by atoms with van der Waals surface area (Å²) in [6.45, 7) is 1.49. The molecule has 1 aliphatic rings. The van der Waals surface area contributed by atoms with Gasteiger partial charge in [-0.3, -0.25) is 0 Å². The van der Waals surface area contributed by atoms with Crippen molar-refractivity contribution in [2.24, 2.45) is 11.7 Å². The van der Waals surface area contributed by atoms with E-state index in [1.165, 1.54) is 37.7 Å². The summed E-state index contributed by atoms with van der Waals surface area (Å²) >= 11 is 0. The van der Waals surface area contributed by atoms with Gasteiger partial charge in [-0.2, -0.15) is 0 Å². The lowest BCUT2D eigenvalue weighted by Gasteiger charge is -2.24. The van der Waals surface area contributed by atoms with Gasteiger partial charge in [0.15, 0.2) is 0 Å². The second-order valence-corrected chi connectivity index (χ2v) is 4.97. The molecule has 2 N–H and O–H groups in total. The van der Waals surface area contributed by atoms with Crippen LogP contribution in [-0.4, -0.2) is 12.6 Å². The van der Waals surface area contributed by atoms with Crippen molar-refractivity contribution in [3.63, 3.8) is 0 Å². The lowest BCUT2D eigenvalue weighted by Crippen LogP contribution is -2.29. The molecule has 2 atom stereocenters. The Hall–Kier alpha value is -0.860. The molecule has 1 saturated carbocycles. The van der Waals surface area contributed by atoms with Crippen LogP contribution in [0, 0.1) is 5.92 Å². The highest BCUT2D eigenvalue weighted by Crippen LogP contribution is 2.25. The molecule has 0 aromatic heterocycles. The maximum Gasteiger partial charge on any atom is 0.0720 e. The normalized spacial score (nSPS) is 25.5. The summed E-state index contributed by atoms with van der Waals surface area (Å²) in [6, 6.07) is 10.4. The smallest absolute Gasteiger partial charge is 0.0720 e. The van der Waals surface area contributed by atoms with Crippen LogP contribution in [0.4, 0.5) is 0 Å². The number of rotatable bonds is 4. The lowest BCUT2D eigenvalue weighted by molar-refractivity contribution is -0.000784. The van der Waals surface area contributed by atoms with Crippen LogP contribution in [0.3, 0.4) is 0 Å². The second kappa shape index (κ2) is 6.77. The summed E-state index contributed by atoms with van der Waals surface area (Å²) in [6.07, 6.45) is 6.71. The van der Waals surface area contributed by atoms with Crippen molar-refractivity contribution in [1.29, 1.82) is 0 Å². The lowest BCUT2D eigenvalue weighted by atomic mass is 9.97. The predicted octanol–water partition coefficient (Wildman–Crippen LogP) is 3.11. The van der Waals surface area contributed by atoms with Crippen LogP contribution in [0.2, 0.25) is 0 Å². The number of hydrogen-bond acceptors (Lipinski definition) is 2. The van der Waals surface area contributed by atoms with Gasteiger partial charge in [-0.25, -0.2) is 0 Å². The van der Waals surface area contributed by atoms with Crippen molar-refractivity contribution >= 4 is 0 Å². The predicted molar refractivity (Wildman–Crippen MR) is 70.6 cm³/mol. The summed E-state index contributed by atoms with van der Waals surface area (Å²) in [5, 5.41) is 0. The zero-order chi connectivity index (χ0) is 11.9. The summed E-state index contributed by atoms with van der Waals surface area (Å²) < 4.78 is 6.07. The molecule has 1 aromatic rings. The average Bonchev–Trinajstić information content (AvgIpc) is 2.62. The number of hydrogen-bond donors (Lipinski definition) is 1. The van der Waals surface area contributed by atoms with E-state index in [9.17, 15) is 0 Å². The molecule has 0 radical (unpaired) electrons. The molecule has 1 aromatic carbocycles. The van der Waals surface area contributed by atoms with Gasteiger partial charge in [0.05, 0.1) is 12.7 Å². The van der Waals surface area contributed by atoms with Crippen molar-refractivity contribution in [3.8, 4) is 0 Å². The first-order chi connectivity index (χ1) is 8.40. The van der Waals surface area contributed by atoms with Crippen LogP contribution in [-0.2, 0) is 11.3 Å². The van der Waals surface area contributed by atoms with Crippen LogP contribution in [0.25, 0.3) is 0 Å². The highest BCUT2D eigenvalue weighted by atomic mass is 16.5. The molecule has 0 amide bonds. The second-order valence-electron chi connectivity index (χ2n) is 4.97. The van der Waals surface area contributed by atoms with Crippen LogP contribution in [0.5, 0.6) is 0 Å². The van der Waals surface area contributed by atoms with Gasteiger partial charge in [-0.1, -0.05) is 49.6 Å². The molecular formula is C15H23NO. The molecule has 0 heterocycles. The van der Waals surface area contributed by atoms with Crippen LogP contribution in [0.15, 0.2) is 30.3 Å². The summed E-state index contributed by atoms with van der Waals surface area (Å²) in [4.78, 5) is 0. The van der Waals surface area contributed by atoms with Gasteiger partial charge in [-0.15, -0.1) is 0 Å². The quantitative estimate of drug-likeness (QED) is 0.811. The standard InChI is InChI=1S/C15H23NO/c16-11-14-9-5-2-6-10-15(14)17-12-13-7-3-1-4-8-13/h1,3-4,7-8,14-15H,2,5-6,9-12,16H2. The van der Waals surface area contributed by atoms with Crippen molar-refractivity contribution in [2.45, 2.75) is 44.8 Å². The average molecular weight is 233 g/mol. The summed E-state index contributed by atoms with van der Waals surface area (Å²) in [7, 11) is 0. The Labute approximate surface area is 104 Å². The molecule has 1 aliphatic carbocycles. The van der Waals surface area contributed by atoms with Crippen LogP contribution < -0.4 is 5.73 Å². The maximum atomic E-state index is 6.07. The van der Waals surface area contributed by atoms with Crippen molar-refractivity contribution in [1.82, 2.24) is 0 Å². The van der Waals surface area contributed by atoms with Crippen molar-refractivity contribution in [3.05, 3.63) is 35.9 Å². The highest BCUT2D eigenvalue weighted by molar-refractivity contribution is 5.13. The third-order valence-electron chi connectivity index (χ3n) is 3.70.